The summed E-state index contributed by atoms with van der Waals surface area (Å²) < 4.78 is 5.75. The zero-order chi connectivity index (χ0) is 22.5. The van der Waals surface area contributed by atoms with E-state index < -0.39 is 0 Å². The van der Waals surface area contributed by atoms with E-state index >= 15 is 0 Å². The molecule has 2 aromatic rings. The second kappa shape index (κ2) is 13.3. The predicted octanol–water partition coefficient (Wildman–Crippen LogP) is 5.68. The fourth-order valence-electron chi connectivity index (χ4n) is 2.91. The molecule has 0 saturated heterocycles. The summed E-state index contributed by atoms with van der Waals surface area (Å²) >= 11 is 0. The van der Waals surface area contributed by atoms with E-state index in [1.807, 2.05) is 62.4 Å². The lowest BCUT2D eigenvalue weighted by molar-refractivity contribution is -0.119. The SMILES string of the molecule is CCCCCCCOc1ccc(NC(=O)CNc2cccc(NC(=O)C(C)C)c2)cc1. The molecule has 0 unspecified atom stereocenters. The first-order valence-electron chi connectivity index (χ1n) is 11.2. The molecule has 0 aliphatic rings. The van der Waals surface area contributed by atoms with Gasteiger partial charge in [-0.05, 0) is 48.9 Å². The van der Waals surface area contributed by atoms with Crippen molar-refractivity contribution in [1.29, 1.82) is 0 Å². The summed E-state index contributed by atoms with van der Waals surface area (Å²) in [4.78, 5) is 24.1. The van der Waals surface area contributed by atoms with E-state index in [1.54, 1.807) is 0 Å². The van der Waals surface area contributed by atoms with E-state index in [0.717, 1.165) is 30.2 Å². The van der Waals surface area contributed by atoms with Crippen LogP contribution in [0.15, 0.2) is 48.5 Å². The highest BCUT2D eigenvalue weighted by molar-refractivity contribution is 5.94. The fourth-order valence-corrected chi connectivity index (χ4v) is 2.91. The van der Waals surface area contributed by atoms with Crippen molar-refractivity contribution in [2.24, 2.45) is 5.92 Å². The number of hydrogen-bond donors (Lipinski definition) is 3. The molecule has 0 atom stereocenters. The van der Waals surface area contributed by atoms with Gasteiger partial charge in [0.2, 0.25) is 11.8 Å². The number of amides is 2. The topological polar surface area (TPSA) is 79.5 Å². The zero-order valence-corrected chi connectivity index (χ0v) is 18.9. The van der Waals surface area contributed by atoms with Gasteiger partial charge < -0.3 is 20.7 Å². The number of rotatable bonds is 13. The van der Waals surface area contributed by atoms with Gasteiger partial charge in [0.15, 0.2) is 0 Å². The summed E-state index contributed by atoms with van der Waals surface area (Å²) in [6.07, 6.45) is 6.04. The van der Waals surface area contributed by atoms with Crippen molar-refractivity contribution in [3.05, 3.63) is 48.5 Å². The highest BCUT2D eigenvalue weighted by Gasteiger charge is 2.08. The van der Waals surface area contributed by atoms with E-state index in [2.05, 4.69) is 22.9 Å². The van der Waals surface area contributed by atoms with E-state index in [1.165, 1.54) is 25.7 Å². The zero-order valence-electron chi connectivity index (χ0n) is 18.9. The quantitative estimate of drug-likeness (QED) is 0.361. The van der Waals surface area contributed by atoms with Crippen LogP contribution in [0.3, 0.4) is 0 Å². The molecule has 0 aromatic heterocycles. The highest BCUT2D eigenvalue weighted by atomic mass is 16.5. The molecule has 0 heterocycles. The summed E-state index contributed by atoms with van der Waals surface area (Å²) in [6, 6.07) is 14.7. The van der Waals surface area contributed by atoms with Crippen LogP contribution in [-0.2, 0) is 9.59 Å². The Hall–Kier alpha value is -3.02. The second-order valence-corrected chi connectivity index (χ2v) is 7.91. The lowest BCUT2D eigenvalue weighted by atomic mass is 10.2. The Morgan fingerprint density at radius 3 is 2.29 bits per heavy atom. The van der Waals surface area contributed by atoms with E-state index in [-0.39, 0.29) is 24.3 Å². The van der Waals surface area contributed by atoms with Gasteiger partial charge in [0.05, 0.1) is 13.2 Å². The van der Waals surface area contributed by atoms with Crippen molar-refractivity contribution in [2.45, 2.75) is 52.9 Å². The van der Waals surface area contributed by atoms with Gasteiger partial charge in [0.1, 0.15) is 5.75 Å². The van der Waals surface area contributed by atoms with E-state index in [9.17, 15) is 9.59 Å². The van der Waals surface area contributed by atoms with Gasteiger partial charge >= 0.3 is 0 Å². The number of hydrogen-bond acceptors (Lipinski definition) is 4. The molecule has 0 saturated carbocycles. The third-order valence-electron chi connectivity index (χ3n) is 4.76. The first kappa shape index (κ1) is 24.3. The molecular weight excluding hydrogens is 390 g/mol. The van der Waals surface area contributed by atoms with Crippen LogP contribution in [0, 0.1) is 5.92 Å². The number of nitrogens with one attached hydrogen (secondary N) is 3. The Kier molecular flexibility index (Phi) is 10.4. The minimum Gasteiger partial charge on any atom is -0.494 e. The van der Waals surface area contributed by atoms with Crippen LogP contribution in [-0.4, -0.2) is 25.0 Å². The van der Waals surface area contributed by atoms with Gasteiger partial charge in [-0.1, -0.05) is 52.5 Å². The molecule has 0 aliphatic heterocycles. The maximum atomic E-state index is 12.2. The molecular formula is C25H35N3O3. The van der Waals surface area contributed by atoms with Crippen molar-refractivity contribution in [1.82, 2.24) is 0 Å². The molecule has 2 aromatic carbocycles. The van der Waals surface area contributed by atoms with E-state index in [0.29, 0.717) is 5.69 Å². The van der Waals surface area contributed by atoms with Crippen molar-refractivity contribution in [3.63, 3.8) is 0 Å². The standard InChI is InChI=1S/C25H35N3O3/c1-4-5-6-7-8-16-31-23-14-12-20(13-15-23)27-24(29)18-26-21-10-9-11-22(17-21)28-25(30)19(2)3/h9-15,17,19,26H,4-8,16,18H2,1-3H3,(H,27,29)(H,28,30). The Labute approximate surface area is 185 Å². The third-order valence-corrected chi connectivity index (χ3v) is 4.76. The largest absolute Gasteiger partial charge is 0.494 e. The summed E-state index contributed by atoms with van der Waals surface area (Å²) in [5.41, 5.74) is 2.18. The van der Waals surface area contributed by atoms with E-state index in [4.69, 9.17) is 4.74 Å². The Bertz CT molecular complexity index is 819. The fraction of sp³-hybridized carbons (Fsp3) is 0.440. The smallest absolute Gasteiger partial charge is 0.243 e. The molecule has 0 aliphatic carbocycles. The van der Waals surface area contributed by atoms with Crippen molar-refractivity contribution in [2.75, 3.05) is 29.1 Å². The molecule has 2 rings (SSSR count). The molecule has 168 valence electrons. The molecule has 6 nitrogen and oxygen atoms in total. The monoisotopic (exact) mass is 425 g/mol. The maximum absolute atomic E-state index is 12.2. The molecule has 31 heavy (non-hydrogen) atoms. The van der Waals surface area contributed by atoms with Crippen LogP contribution in [0.4, 0.5) is 17.1 Å². The van der Waals surface area contributed by atoms with Crippen molar-refractivity contribution < 1.29 is 14.3 Å². The number of anilines is 3. The van der Waals surface area contributed by atoms with Crippen LogP contribution in [0.25, 0.3) is 0 Å². The first-order chi connectivity index (χ1) is 15.0. The van der Waals surface area contributed by atoms with Gasteiger partial charge in [-0.15, -0.1) is 0 Å². The third kappa shape index (κ3) is 9.55. The Balaban J connectivity index is 1.73. The van der Waals surface area contributed by atoms with Gasteiger partial charge in [-0.3, -0.25) is 9.59 Å². The molecule has 6 heteroatoms. The summed E-state index contributed by atoms with van der Waals surface area (Å²) in [5.74, 6) is 0.525. The Morgan fingerprint density at radius 1 is 0.871 bits per heavy atom. The molecule has 0 spiro atoms. The molecule has 0 radical (unpaired) electrons. The molecule has 0 fully saturated rings. The maximum Gasteiger partial charge on any atom is 0.243 e. The predicted molar refractivity (Wildman–Crippen MR) is 128 cm³/mol. The van der Waals surface area contributed by atoms with Crippen LogP contribution < -0.4 is 20.7 Å². The normalized spacial score (nSPS) is 10.6. The van der Waals surface area contributed by atoms with Crippen LogP contribution >= 0.6 is 0 Å². The lowest BCUT2D eigenvalue weighted by Gasteiger charge is -2.11. The summed E-state index contributed by atoms with van der Waals surface area (Å²) in [5, 5.41) is 8.79. The average Bonchev–Trinajstić information content (AvgIpc) is 2.76. The minimum atomic E-state index is -0.152. The minimum absolute atomic E-state index is 0.0428. The van der Waals surface area contributed by atoms with Crippen LogP contribution in [0.5, 0.6) is 5.75 Å². The van der Waals surface area contributed by atoms with Gasteiger partial charge in [-0.2, -0.15) is 0 Å². The Morgan fingerprint density at radius 2 is 1.58 bits per heavy atom. The molecule has 2 amide bonds. The first-order valence-corrected chi connectivity index (χ1v) is 11.2. The number of carbonyl (C=O) groups is 2. The highest BCUT2D eigenvalue weighted by Crippen LogP contribution is 2.18. The van der Waals surface area contributed by atoms with Gasteiger partial charge in [-0.25, -0.2) is 0 Å². The van der Waals surface area contributed by atoms with Gasteiger partial charge in [0, 0.05) is 23.0 Å². The summed E-state index contributed by atoms with van der Waals surface area (Å²) in [6.45, 7) is 6.73. The molecule has 3 N–H and O–H groups in total. The van der Waals surface area contributed by atoms with Crippen molar-refractivity contribution >= 4 is 28.9 Å². The number of ether oxygens (including phenoxy) is 1. The average molecular weight is 426 g/mol. The lowest BCUT2D eigenvalue weighted by Crippen LogP contribution is -2.22. The number of carbonyl (C=O) groups excluding carboxylic acids is 2. The van der Waals surface area contributed by atoms with Crippen LogP contribution in [0.1, 0.15) is 52.9 Å². The number of benzene rings is 2. The number of unbranched alkanes of at least 4 members (excludes halogenated alkanes) is 4. The summed E-state index contributed by atoms with van der Waals surface area (Å²) in [7, 11) is 0. The molecule has 0 bridgehead atoms. The van der Waals surface area contributed by atoms with Gasteiger partial charge in [0.25, 0.3) is 0 Å². The van der Waals surface area contributed by atoms with Crippen LogP contribution in [0.2, 0.25) is 0 Å². The van der Waals surface area contributed by atoms with Crippen molar-refractivity contribution in [3.8, 4) is 5.75 Å². The second-order valence-electron chi connectivity index (χ2n) is 7.91.